The zero-order chi connectivity index (χ0) is 14.4. The molecule has 1 aromatic rings. The van der Waals surface area contributed by atoms with Gasteiger partial charge in [-0.3, -0.25) is 0 Å². The fraction of sp³-hybridized carbons (Fsp3) is 0.692. The molecule has 1 aliphatic rings. The molecule has 0 saturated carbocycles. The highest BCUT2D eigenvalue weighted by Crippen LogP contribution is 2.21. The highest BCUT2D eigenvalue weighted by molar-refractivity contribution is 5.45. The Hall–Kier alpha value is -1.47. The van der Waals surface area contributed by atoms with Gasteiger partial charge in [-0.15, -0.1) is 0 Å². The maximum atomic E-state index is 13.9. The van der Waals surface area contributed by atoms with Crippen molar-refractivity contribution in [1.82, 2.24) is 9.97 Å². The molecule has 2 N–H and O–H groups in total. The Morgan fingerprint density at radius 3 is 2.40 bits per heavy atom. The largest absolute Gasteiger partial charge is 0.395 e. The van der Waals surface area contributed by atoms with Crippen LogP contribution in [-0.4, -0.2) is 59.6 Å². The number of aliphatic hydroxyl groups excluding tert-OH is 2. The van der Waals surface area contributed by atoms with E-state index in [1.54, 1.807) is 0 Å². The lowest BCUT2D eigenvalue weighted by Gasteiger charge is -2.28. The molecule has 1 aromatic heterocycles. The van der Waals surface area contributed by atoms with Crippen LogP contribution in [0.15, 0.2) is 6.20 Å². The molecule has 2 rings (SSSR count). The summed E-state index contributed by atoms with van der Waals surface area (Å²) < 4.78 is 13.9. The van der Waals surface area contributed by atoms with Gasteiger partial charge < -0.3 is 20.0 Å². The standard InChI is InChI=1S/C13H21FN4O2/c14-11-10-15-13(18-4-2-1-3-5-18)16-12(11)17(6-8-19)7-9-20/h10,19-20H,1-9H2. The first kappa shape index (κ1) is 14.9. The zero-order valence-electron chi connectivity index (χ0n) is 11.5. The third-order valence-electron chi connectivity index (χ3n) is 3.39. The first-order valence-corrected chi connectivity index (χ1v) is 7.00. The number of halogens is 1. The maximum Gasteiger partial charge on any atom is 0.227 e. The molecule has 1 aliphatic heterocycles. The summed E-state index contributed by atoms with van der Waals surface area (Å²) in [7, 11) is 0. The Morgan fingerprint density at radius 1 is 1.15 bits per heavy atom. The maximum absolute atomic E-state index is 13.9. The van der Waals surface area contributed by atoms with E-state index in [0.717, 1.165) is 32.1 Å². The van der Waals surface area contributed by atoms with Gasteiger partial charge in [0.25, 0.3) is 0 Å². The van der Waals surface area contributed by atoms with Crippen molar-refractivity contribution in [3.63, 3.8) is 0 Å². The SMILES string of the molecule is OCCN(CCO)c1nc(N2CCCCC2)ncc1F. The van der Waals surface area contributed by atoms with E-state index in [1.807, 2.05) is 4.90 Å². The van der Waals surface area contributed by atoms with E-state index in [0.29, 0.717) is 5.95 Å². The Kier molecular flexibility index (Phi) is 5.49. The van der Waals surface area contributed by atoms with Crippen molar-refractivity contribution in [2.24, 2.45) is 0 Å². The van der Waals surface area contributed by atoms with Gasteiger partial charge in [0.1, 0.15) is 0 Å². The molecule has 0 amide bonds. The van der Waals surface area contributed by atoms with Gasteiger partial charge in [0.05, 0.1) is 19.4 Å². The topological polar surface area (TPSA) is 72.7 Å². The Morgan fingerprint density at radius 2 is 1.80 bits per heavy atom. The molecule has 2 heterocycles. The van der Waals surface area contributed by atoms with Crippen molar-refractivity contribution in [2.45, 2.75) is 19.3 Å². The van der Waals surface area contributed by atoms with Crippen LogP contribution in [0, 0.1) is 5.82 Å². The second-order valence-corrected chi connectivity index (χ2v) is 4.82. The molecule has 112 valence electrons. The lowest BCUT2D eigenvalue weighted by molar-refractivity contribution is 0.280. The third-order valence-corrected chi connectivity index (χ3v) is 3.39. The first-order chi connectivity index (χ1) is 9.76. The van der Waals surface area contributed by atoms with Gasteiger partial charge in [0.15, 0.2) is 11.6 Å². The van der Waals surface area contributed by atoms with Gasteiger partial charge in [0, 0.05) is 26.2 Å². The van der Waals surface area contributed by atoms with Gasteiger partial charge in [-0.25, -0.2) is 9.37 Å². The van der Waals surface area contributed by atoms with E-state index in [1.165, 1.54) is 11.3 Å². The highest BCUT2D eigenvalue weighted by atomic mass is 19.1. The summed E-state index contributed by atoms with van der Waals surface area (Å²) in [5.41, 5.74) is 0. The van der Waals surface area contributed by atoms with Gasteiger partial charge in [-0.1, -0.05) is 0 Å². The molecule has 1 fully saturated rings. The van der Waals surface area contributed by atoms with Crippen LogP contribution in [-0.2, 0) is 0 Å². The molecule has 0 bridgehead atoms. The molecular weight excluding hydrogens is 263 g/mol. The van der Waals surface area contributed by atoms with Crippen LogP contribution in [0.1, 0.15) is 19.3 Å². The van der Waals surface area contributed by atoms with Crippen LogP contribution in [0.5, 0.6) is 0 Å². The average Bonchev–Trinajstić information content (AvgIpc) is 2.48. The molecule has 0 spiro atoms. The normalized spacial score (nSPS) is 15.4. The van der Waals surface area contributed by atoms with E-state index in [9.17, 15) is 4.39 Å². The van der Waals surface area contributed by atoms with Crippen LogP contribution in [0.2, 0.25) is 0 Å². The summed E-state index contributed by atoms with van der Waals surface area (Å²) in [4.78, 5) is 11.9. The summed E-state index contributed by atoms with van der Waals surface area (Å²) >= 11 is 0. The number of anilines is 2. The number of hydrogen-bond donors (Lipinski definition) is 2. The molecule has 7 heteroatoms. The molecule has 6 nitrogen and oxygen atoms in total. The van der Waals surface area contributed by atoms with E-state index in [4.69, 9.17) is 10.2 Å². The predicted molar refractivity (Wildman–Crippen MR) is 74.4 cm³/mol. The Bertz CT molecular complexity index is 421. The Labute approximate surface area is 117 Å². The molecular formula is C13H21FN4O2. The first-order valence-electron chi connectivity index (χ1n) is 7.00. The fourth-order valence-electron chi connectivity index (χ4n) is 2.38. The summed E-state index contributed by atoms with van der Waals surface area (Å²) in [6, 6.07) is 0. The number of aromatic nitrogens is 2. The number of rotatable bonds is 6. The number of aliphatic hydroxyl groups is 2. The van der Waals surface area contributed by atoms with Crippen LogP contribution in [0.4, 0.5) is 16.2 Å². The molecule has 0 atom stereocenters. The number of nitrogens with zero attached hydrogens (tertiary/aromatic N) is 4. The minimum Gasteiger partial charge on any atom is -0.395 e. The average molecular weight is 284 g/mol. The molecule has 0 radical (unpaired) electrons. The van der Waals surface area contributed by atoms with Crippen LogP contribution in [0.25, 0.3) is 0 Å². The molecule has 1 saturated heterocycles. The Balaban J connectivity index is 2.21. The second-order valence-electron chi connectivity index (χ2n) is 4.82. The van der Waals surface area contributed by atoms with Crippen LogP contribution < -0.4 is 9.80 Å². The lowest BCUT2D eigenvalue weighted by Crippen LogP contribution is -2.34. The number of hydrogen-bond acceptors (Lipinski definition) is 6. The van der Waals surface area contributed by atoms with Crippen LogP contribution in [0.3, 0.4) is 0 Å². The van der Waals surface area contributed by atoms with Crippen LogP contribution >= 0.6 is 0 Å². The van der Waals surface area contributed by atoms with Crippen molar-refractivity contribution < 1.29 is 14.6 Å². The minimum absolute atomic E-state index is 0.123. The smallest absolute Gasteiger partial charge is 0.227 e. The lowest BCUT2D eigenvalue weighted by atomic mass is 10.1. The molecule has 0 aromatic carbocycles. The molecule has 0 unspecified atom stereocenters. The van der Waals surface area contributed by atoms with Crippen molar-refractivity contribution >= 4 is 11.8 Å². The monoisotopic (exact) mass is 284 g/mol. The summed E-state index contributed by atoms with van der Waals surface area (Å²) in [6.45, 7) is 1.98. The second kappa shape index (κ2) is 7.35. The van der Waals surface area contributed by atoms with Gasteiger partial charge in [0.2, 0.25) is 5.95 Å². The summed E-state index contributed by atoms with van der Waals surface area (Å²) in [6.07, 6.45) is 4.54. The highest BCUT2D eigenvalue weighted by Gasteiger charge is 2.18. The number of piperidine rings is 1. The summed E-state index contributed by atoms with van der Waals surface area (Å²) in [5.74, 6) is 0.123. The van der Waals surface area contributed by atoms with Gasteiger partial charge in [-0.2, -0.15) is 4.98 Å². The van der Waals surface area contributed by atoms with E-state index < -0.39 is 5.82 Å². The predicted octanol–water partition coefficient (Wildman–Crippen LogP) is 0.397. The zero-order valence-corrected chi connectivity index (χ0v) is 11.5. The van der Waals surface area contributed by atoms with E-state index in [-0.39, 0.29) is 32.1 Å². The fourth-order valence-corrected chi connectivity index (χ4v) is 2.38. The van der Waals surface area contributed by atoms with E-state index >= 15 is 0 Å². The van der Waals surface area contributed by atoms with Crippen molar-refractivity contribution in [3.8, 4) is 0 Å². The quantitative estimate of drug-likeness (QED) is 0.787. The third kappa shape index (κ3) is 3.55. The summed E-state index contributed by atoms with van der Waals surface area (Å²) in [5, 5.41) is 18.1. The van der Waals surface area contributed by atoms with Gasteiger partial charge >= 0.3 is 0 Å². The van der Waals surface area contributed by atoms with Gasteiger partial charge in [-0.05, 0) is 19.3 Å². The van der Waals surface area contributed by atoms with E-state index in [2.05, 4.69) is 9.97 Å². The molecule has 20 heavy (non-hydrogen) atoms. The van der Waals surface area contributed by atoms with Crippen molar-refractivity contribution in [3.05, 3.63) is 12.0 Å². The van der Waals surface area contributed by atoms with Crippen molar-refractivity contribution in [1.29, 1.82) is 0 Å². The molecule has 0 aliphatic carbocycles. The van der Waals surface area contributed by atoms with Crippen molar-refractivity contribution in [2.75, 3.05) is 49.2 Å². The minimum atomic E-state index is -0.535.